The monoisotopic (exact) mass is 529 g/mol. The Kier molecular flexibility index (Phi) is 5.74. The van der Waals surface area contributed by atoms with Crippen LogP contribution in [0, 0.1) is 11.8 Å². The fourth-order valence-corrected chi connectivity index (χ4v) is 8.06. The van der Waals surface area contributed by atoms with Gasteiger partial charge in [0.2, 0.25) is 0 Å². The highest BCUT2D eigenvalue weighted by atomic mass is 14.9. The fraction of sp³-hybridized carbons (Fsp3) is 0.200. The van der Waals surface area contributed by atoms with Gasteiger partial charge in [0.05, 0.1) is 0 Å². The van der Waals surface area contributed by atoms with E-state index in [-0.39, 0.29) is 5.41 Å². The van der Waals surface area contributed by atoms with E-state index >= 15 is 0 Å². The molecule has 41 heavy (non-hydrogen) atoms. The molecule has 200 valence electrons. The molecule has 3 aliphatic carbocycles. The van der Waals surface area contributed by atoms with E-state index in [9.17, 15) is 0 Å². The van der Waals surface area contributed by atoms with Gasteiger partial charge in [-0.1, -0.05) is 116 Å². The molecule has 1 nitrogen and oxygen atoms in total. The maximum Gasteiger partial charge on any atom is 0.0467 e. The third kappa shape index (κ3) is 3.98. The Hall–Kier alpha value is -4.36. The topological polar surface area (TPSA) is 12.0 Å². The highest BCUT2D eigenvalue weighted by Gasteiger charge is 2.50. The van der Waals surface area contributed by atoms with Gasteiger partial charge in [0.1, 0.15) is 0 Å². The van der Waals surface area contributed by atoms with Crippen molar-refractivity contribution in [2.24, 2.45) is 11.8 Å². The Balaban J connectivity index is 1.15. The highest BCUT2D eigenvalue weighted by molar-refractivity contribution is 5.93. The summed E-state index contributed by atoms with van der Waals surface area (Å²) in [6.45, 7) is 2.41. The number of benzene rings is 5. The highest BCUT2D eigenvalue weighted by Crippen LogP contribution is 2.62. The first kappa shape index (κ1) is 24.4. The summed E-state index contributed by atoms with van der Waals surface area (Å²) < 4.78 is 0. The number of hydrogen-bond acceptors (Lipinski definition) is 1. The normalized spacial score (nSPS) is 22.1. The third-order valence-electron chi connectivity index (χ3n) is 9.82. The zero-order chi connectivity index (χ0) is 27.4. The first-order valence-electron chi connectivity index (χ1n) is 15.2. The quantitative estimate of drug-likeness (QED) is 0.228. The number of rotatable bonds is 4. The molecule has 3 aliphatic rings. The van der Waals surface area contributed by atoms with Crippen LogP contribution in [0.3, 0.4) is 0 Å². The molecule has 1 N–H and O–H groups in total. The summed E-state index contributed by atoms with van der Waals surface area (Å²) in [5.74, 6) is 1.52. The molecule has 0 aliphatic heterocycles. The fourth-order valence-electron chi connectivity index (χ4n) is 8.06. The zero-order valence-electron chi connectivity index (χ0n) is 23.6. The Morgan fingerprint density at radius 1 is 0.659 bits per heavy atom. The summed E-state index contributed by atoms with van der Waals surface area (Å²) in [5, 5.41) is 3.83. The summed E-state index contributed by atoms with van der Waals surface area (Å²) in [4.78, 5) is 0. The van der Waals surface area contributed by atoms with Crippen molar-refractivity contribution < 1.29 is 0 Å². The second kappa shape index (κ2) is 9.63. The van der Waals surface area contributed by atoms with Gasteiger partial charge in [-0.25, -0.2) is 0 Å². The van der Waals surface area contributed by atoms with Crippen LogP contribution >= 0.6 is 0 Å². The van der Waals surface area contributed by atoms with Crippen LogP contribution in [0.15, 0.2) is 133 Å². The number of nitrogens with one attached hydrogen (secondary N) is 1. The summed E-state index contributed by atoms with van der Waals surface area (Å²) >= 11 is 0. The lowest BCUT2D eigenvalue weighted by atomic mass is 9.58. The molecule has 0 radical (unpaired) electrons. The lowest BCUT2D eigenvalue weighted by Crippen LogP contribution is -2.36. The van der Waals surface area contributed by atoms with E-state index in [0.29, 0.717) is 5.92 Å². The molecule has 0 aromatic heterocycles. The Labute approximate surface area is 243 Å². The average molecular weight is 530 g/mol. The van der Waals surface area contributed by atoms with Crippen molar-refractivity contribution >= 4 is 11.4 Å². The molecule has 0 heterocycles. The van der Waals surface area contributed by atoms with Gasteiger partial charge in [0.15, 0.2) is 0 Å². The van der Waals surface area contributed by atoms with Crippen molar-refractivity contribution in [3.05, 3.63) is 144 Å². The predicted octanol–water partition coefficient (Wildman–Crippen LogP) is 10.8. The molecule has 3 atom stereocenters. The standard InChI is InChI=1S/C40H35N/c1-27-23-28-21-22-40(33(24-27)25-28)36-14-6-5-13-35(36)39-37(40)15-8-16-38(39)41-34-19-17-30(18-20-34)32-12-7-11-31(26-32)29-9-3-2-4-10-29/h2-20,24,26-28,41H,21-23,25H2,1H3. The molecule has 1 saturated carbocycles. The molecule has 5 aromatic carbocycles. The van der Waals surface area contributed by atoms with Crippen molar-refractivity contribution in [3.63, 3.8) is 0 Å². The molecule has 3 unspecified atom stereocenters. The van der Waals surface area contributed by atoms with E-state index in [2.05, 4.69) is 140 Å². The largest absolute Gasteiger partial charge is 0.355 e. The second-order valence-electron chi connectivity index (χ2n) is 12.3. The Morgan fingerprint density at radius 2 is 1.34 bits per heavy atom. The van der Waals surface area contributed by atoms with Gasteiger partial charge < -0.3 is 5.32 Å². The average Bonchev–Trinajstić information content (AvgIpc) is 3.31. The van der Waals surface area contributed by atoms with Crippen LogP contribution in [-0.2, 0) is 5.41 Å². The van der Waals surface area contributed by atoms with E-state index in [4.69, 9.17) is 0 Å². The van der Waals surface area contributed by atoms with Gasteiger partial charge >= 0.3 is 0 Å². The van der Waals surface area contributed by atoms with E-state index in [1.807, 2.05) is 0 Å². The molecule has 8 rings (SSSR count). The van der Waals surface area contributed by atoms with Crippen LogP contribution in [0.25, 0.3) is 33.4 Å². The lowest BCUT2D eigenvalue weighted by molar-refractivity contribution is 0.284. The van der Waals surface area contributed by atoms with Crippen molar-refractivity contribution in [2.75, 3.05) is 5.32 Å². The molecular formula is C40H35N. The van der Waals surface area contributed by atoms with Gasteiger partial charge in [-0.15, -0.1) is 0 Å². The molecular weight excluding hydrogens is 494 g/mol. The van der Waals surface area contributed by atoms with Crippen LogP contribution in [0.4, 0.5) is 11.4 Å². The van der Waals surface area contributed by atoms with Crippen LogP contribution in [0.1, 0.15) is 43.7 Å². The molecule has 1 heteroatoms. The van der Waals surface area contributed by atoms with Gasteiger partial charge in [-0.05, 0) is 101 Å². The first-order valence-corrected chi connectivity index (χ1v) is 15.2. The van der Waals surface area contributed by atoms with Gasteiger partial charge in [-0.2, -0.15) is 0 Å². The molecule has 5 aromatic rings. The van der Waals surface area contributed by atoms with Crippen molar-refractivity contribution in [1.29, 1.82) is 0 Å². The van der Waals surface area contributed by atoms with Crippen molar-refractivity contribution in [2.45, 2.75) is 38.0 Å². The SMILES string of the molecule is CC1C=C2CC(CCC23c2ccccc2-c2c(Nc4ccc(-c5cccc(-c6ccccc6)c5)cc4)cccc23)C1. The van der Waals surface area contributed by atoms with Gasteiger partial charge in [0, 0.05) is 22.4 Å². The maximum absolute atomic E-state index is 3.83. The number of allylic oxidation sites excluding steroid dienone is 2. The Morgan fingerprint density at radius 3 is 2.17 bits per heavy atom. The molecule has 0 amide bonds. The summed E-state index contributed by atoms with van der Waals surface area (Å²) in [6.07, 6.45) is 7.76. The lowest BCUT2D eigenvalue weighted by Gasteiger charge is -2.45. The molecule has 1 spiro atoms. The van der Waals surface area contributed by atoms with Gasteiger partial charge in [0.25, 0.3) is 0 Å². The summed E-state index contributed by atoms with van der Waals surface area (Å²) in [6, 6.07) is 44.5. The predicted molar refractivity (Wildman–Crippen MR) is 172 cm³/mol. The number of hydrogen-bond donors (Lipinski definition) is 1. The zero-order valence-corrected chi connectivity index (χ0v) is 23.6. The minimum atomic E-state index is 0.0302. The second-order valence-corrected chi connectivity index (χ2v) is 12.3. The van der Waals surface area contributed by atoms with Crippen LogP contribution in [0.2, 0.25) is 0 Å². The minimum absolute atomic E-state index is 0.0302. The van der Waals surface area contributed by atoms with E-state index in [1.54, 1.807) is 5.57 Å². The van der Waals surface area contributed by atoms with E-state index in [1.165, 1.54) is 75.9 Å². The third-order valence-corrected chi connectivity index (χ3v) is 9.82. The van der Waals surface area contributed by atoms with E-state index < -0.39 is 0 Å². The Bertz CT molecular complexity index is 1780. The number of fused-ring (bicyclic) bond motifs is 8. The first-order chi connectivity index (χ1) is 20.2. The van der Waals surface area contributed by atoms with Crippen LogP contribution in [-0.4, -0.2) is 0 Å². The van der Waals surface area contributed by atoms with Crippen molar-refractivity contribution in [1.82, 2.24) is 0 Å². The minimum Gasteiger partial charge on any atom is -0.355 e. The van der Waals surface area contributed by atoms with Crippen molar-refractivity contribution in [3.8, 4) is 33.4 Å². The van der Waals surface area contributed by atoms with Crippen LogP contribution in [0.5, 0.6) is 0 Å². The van der Waals surface area contributed by atoms with Crippen LogP contribution < -0.4 is 5.32 Å². The summed E-state index contributed by atoms with van der Waals surface area (Å²) in [7, 11) is 0. The van der Waals surface area contributed by atoms with E-state index in [0.717, 1.165) is 11.6 Å². The van der Waals surface area contributed by atoms with Gasteiger partial charge in [-0.3, -0.25) is 0 Å². The molecule has 0 saturated heterocycles. The molecule has 2 bridgehead atoms. The number of anilines is 2. The summed E-state index contributed by atoms with van der Waals surface area (Å²) in [5.41, 5.74) is 14.8. The molecule has 1 fully saturated rings. The smallest absolute Gasteiger partial charge is 0.0467 e. The maximum atomic E-state index is 3.83.